The van der Waals surface area contributed by atoms with Crippen molar-refractivity contribution in [2.45, 2.75) is 25.2 Å². The summed E-state index contributed by atoms with van der Waals surface area (Å²) in [4.78, 5) is 0. The van der Waals surface area contributed by atoms with Crippen LogP contribution in [0.2, 0.25) is 10.0 Å². The van der Waals surface area contributed by atoms with E-state index in [2.05, 4.69) is 0 Å². The molecule has 0 aliphatic carbocycles. The summed E-state index contributed by atoms with van der Waals surface area (Å²) < 4.78 is 5.53. The van der Waals surface area contributed by atoms with Gasteiger partial charge in [-0.05, 0) is 19.1 Å². The van der Waals surface area contributed by atoms with E-state index in [1.807, 2.05) is 6.92 Å². The zero-order valence-corrected chi connectivity index (χ0v) is 12.1. The van der Waals surface area contributed by atoms with Crippen LogP contribution in [-0.2, 0) is 0 Å². The van der Waals surface area contributed by atoms with Crippen molar-refractivity contribution in [3.63, 3.8) is 0 Å². The molecule has 0 aliphatic rings. The van der Waals surface area contributed by atoms with Crippen molar-refractivity contribution in [2.75, 3.05) is 12.4 Å². The molecule has 2 nitrogen and oxygen atoms in total. The topological polar surface area (TPSA) is 29.5 Å². The Morgan fingerprint density at radius 3 is 2.41 bits per heavy atom. The van der Waals surface area contributed by atoms with Crippen LogP contribution in [0.1, 0.15) is 13.8 Å². The molecule has 1 aromatic carbocycles. The Morgan fingerprint density at radius 2 is 1.88 bits per heavy atom. The molecule has 0 heterocycles. The zero-order chi connectivity index (χ0) is 12.8. The number of aliphatic hydroxyl groups is 1. The monoisotopic (exact) mass is 294 g/mol. The van der Waals surface area contributed by atoms with Gasteiger partial charge in [0.2, 0.25) is 0 Å². The van der Waals surface area contributed by atoms with Crippen LogP contribution < -0.4 is 4.74 Å². The molecule has 0 saturated heterocycles. The van der Waals surface area contributed by atoms with Crippen LogP contribution in [0.4, 0.5) is 0 Å². The van der Waals surface area contributed by atoms with Gasteiger partial charge in [-0.25, -0.2) is 0 Å². The number of hydrogen-bond acceptors (Lipinski definition) is 3. The highest BCUT2D eigenvalue weighted by atomic mass is 35.5. The third-order valence-electron chi connectivity index (χ3n) is 2.31. The van der Waals surface area contributed by atoms with Crippen molar-refractivity contribution in [2.24, 2.45) is 0 Å². The lowest BCUT2D eigenvalue weighted by atomic mass is 10.3. The first-order valence-electron chi connectivity index (χ1n) is 5.39. The van der Waals surface area contributed by atoms with Gasteiger partial charge in [0, 0.05) is 11.0 Å². The molecule has 0 aromatic heterocycles. The Morgan fingerprint density at radius 1 is 1.29 bits per heavy atom. The standard InChI is InChI=1S/C12H16Cl2O2S/c1-8(15)9(2)17-7-6-16-12-10(13)4-3-5-11(12)14/h3-5,8-9,15H,6-7H2,1-2H3. The van der Waals surface area contributed by atoms with E-state index in [1.54, 1.807) is 36.9 Å². The number of rotatable bonds is 6. The molecule has 1 rings (SSSR count). The minimum absolute atomic E-state index is 0.195. The number of halogens is 2. The molecule has 96 valence electrons. The summed E-state index contributed by atoms with van der Waals surface area (Å²) in [5.41, 5.74) is 0. The summed E-state index contributed by atoms with van der Waals surface area (Å²) in [6, 6.07) is 5.27. The van der Waals surface area contributed by atoms with E-state index in [0.29, 0.717) is 22.4 Å². The lowest BCUT2D eigenvalue weighted by Gasteiger charge is -2.14. The number of benzene rings is 1. The van der Waals surface area contributed by atoms with Gasteiger partial charge >= 0.3 is 0 Å². The summed E-state index contributed by atoms with van der Waals surface area (Å²) in [5.74, 6) is 1.31. The maximum Gasteiger partial charge on any atom is 0.156 e. The van der Waals surface area contributed by atoms with E-state index in [-0.39, 0.29) is 11.4 Å². The number of thioether (sulfide) groups is 1. The highest BCUT2D eigenvalue weighted by Crippen LogP contribution is 2.32. The molecular formula is C12H16Cl2O2S. The average molecular weight is 295 g/mol. The van der Waals surface area contributed by atoms with Crippen LogP contribution in [0.3, 0.4) is 0 Å². The van der Waals surface area contributed by atoms with Crippen molar-refractivity contribution in [1.29, 1.82) is 0 Å². The predicted molar refractivity (Wildman–Crippen MR) is 75.6 cm³/mol. The summed E-state index contributed by atoms with van der Waals surface area (Å²) in [5, 5.41) is 10.6. The van der Waals surface area contributed by atoms with Crippen LogP contribution >= 0.6 is 35.0 Å². The van der Waals surface area contributed by atoms with Crippen LogP contribution in [0, 0.1) is 0 Å². The second kappa shape index (κ2) is 7.37. The Kier molecular flexibility index (Phi) is 6.49. The molecule has 5 heteroatoms. The normalized spacial score (nSPS) is 14.4. The van der Waals surface area contributed by atoms with Crippen LogP contribution in [0.5, 0.6) is 5.75 Å². The number of aliphatic hydroxyl groups excluding tert-OH is 1. The first-order valence-corrected chi connectivity index (χ1v) is 7.19. The highest BCUT2D eigenvalue weighted by molar-refractivity contribution is 7.99. The van der Waals surface area contributed by atoms with Crippen molar-refractivity contribution >= 4 is 35.0 Å². The molecule has 0 saturated carbocycles. The van der Waals surface area contributed by atoms with E-state index >= 15 is 0 Å². The number of hydrogen-bond donors (Lipinski definition) is 1. The van der Waals surface area contributed by atoms with Crippen molar-refractivity contribution < 1.29 is 9.84 Å². The SMILES string of the molecule is CC(O)C(C)SCCOc1c(Cl)cccc1Cl. The molecule has 0 amide bonds. The van der Waals surface area contributed by atoms with E-state index < -0.39 is 0 Å². The van der Waals surface area contributed by atoms with Gasteiger partial charge in [0.25, 0.3) is 0 Å². The fourth-order valence-electron chi connectivity index (χ4n) is 1.14. The fraction of sp³-hybridized carbons (Fsp3) is 0.500. The third kappa shape index (κ3) is 4.96. The molecular weight excluding hydrogens is 279 g/mol. The lowest BCUT2D eigenvalue weighted by Crippen LogP contribution is -2.17. The van der Waals surface area contributed by atoms with E-state index in [1.165, 1.54) is 0 Å². The summed E-state index contributed by atoms with van der Waals surface area (Å²) in [6.45, 7) is 4.28. The van der Waals surface area contributed by atoms with E-state index in [4.69, 9.17) is 27.9 Å². The largest absolute Gasteiger partial charge is 0.490 e. The fourth-order valence-corrected chi connectivity index (χ4v) is 2.47. The smallest absolute Gasteiger partial charge is 0.156 e. The Balaban J connectivity index is 2.36. The molecule has 0 fully saturated rings. The van der Waals surface area contributed by atoms with Gasteiger partial charge in [0.15, 0.2) is 5.75 Å². The molecule has 0 radical (unpaired) electrons. The molecule has 0 spiro atoms. The summed E-state index contributed by atoms with van der Waals surface area (Å²) in [6.07, 6.45) is -0.316. The predicted octanol–water partition coefficient (Wildman–Crippen LogP) is 3.87. The first kappa shape index (κ1) is 15.0. The average Bonchev–Trinajstić information content (AvgIpc) is 2.27. The second-order valence-electron chi connectivity index (χ2n) is 3.72. The molecule has 1 aromatic rings. The van der Waals surface area contributed by atoms with Crippen LogP contribution in [-0.4, -0.2) is 28.8 Å². The van der Waals surface area contributed by atoms with E-state index in [9.17, 15) is 5.11 Å². The highest BCUT2D eigenvalue weighted by Gasteiger charge is 2.10. The van der Waals surface area contributed by atoms with Gasteiger partial charge in [0.1, 0.15) is 0 Å². The number of ether oxygens (including phenoxy) is 1. The Bertz CT molecular complexity index is 338. The lowest BCUT2D eigenvalue weighted by molar-refractivity contribution is 0.196. The minimum atomic E-state index is -0.316. The van der Waals surface area contributed by atoms with Crippen LogP contribution in [0.25, 0.3) is 0 Å². The summed E-state index contributed by atoms with van der Waals surface area (Å²) >= 11 is 13.6. The molecule has 1 N–H and O–H groups in total. The van der Waals surface area contributed by atoms with Gasteiger partial charge in [0.05, 0.1) is 22.8 Å². The van der Waals surface area contributed by atoms with Crippen molar-refractivity contribution in [1.82, 2.24) is 0 Å². The number of para-hydroxylation sites is 1. The molecule has 2 atom stereocenters. The second-order valence-corrected chi connectivity index (χ2v) is 6.02. The van der Waals surface area contributed by atoms with Gasteiger partial charge in [-0.1, -0.05) is 36.2 Å². The quantitative estimate of drug-likeness (QED) is 0.808. The maximum atomic E-state index is 9.32. The van der Waals surface area contributed by atoms with E-state index in [0.717, 1.165) is 5.75 Å². The molecule has 0 bridgehead atoms. The zero-order valence-electron chi connectivity index (χ0n) is 9.82. The molecule has 17 heavy (non-hydrogen) atoms. The Hall–Kier alpha value is -0.0900. The van der Waals surface area contributed by atoms with Crippen molar-refractivity contribution in [3.05, 3.63) is 28.2 Å². The van der Waals surface area contributed by atoms with Gasteiger partial charge in [-0.15, -0.1) is 0 Å². The van der Waals surface area contributed by atoms with Crippen molar-refractivity contribution in [3.8, 4) is 5.75 Å². The maximum absolute atomic E-state index is 9.32. The molecule has 2 unspecified atom stereocenters. The summed E-state index contributed by atoms with van der Waals surface area (Å²) in [7, 11) is 0. The Labute approximate surface area is 116 Å². The van der Waals surface area contributed by atoms with Gasteiger partial charge in [-0.2, -0.15) is 11.8 Å². The van der Waals surface area contributed by atoms with Crippen LogP contribution in [0.15, 0.2) is 18.2 Å². The van der Waals surface area contributed by atoms with Gasteiger partial charge in [-0.3, -0.25) is 0 Å². The third-order valence-corrected chi connectivity index (χ3v) is 4.23. The van der Waals surface area contributed by atoms with Gasteiger partial charge < -0.3 is 9.84 Å². The molecule has 0 aliphatic heterocycles. The minimum Gasteiger partial charge on any atom is -0.490 e. The first-order chi connectivity index (χ1) is 8.02.